The van der Waals surface area contributed by atoms with Crippen molar-refractivity contribution in [2.45, 2.75) is 6.92 Å². The Labute approximate surface area is 128 Å². The Morgan fingerprint density at radius 3 is 2.90 bits per heavy atom. The van der Waals surface area contributed by atoms with Crippen LogP contribution in [0.4, 0.5) is 5.69 Å². The molecule has 1 N–H and O–H groups in total. The number of aromatic nitrogens is 1. The lowest BCUT2D eigenvalue weighted by molar-refractivity contribution is 1.34. The van der Waals surface area contributed by atoms with E-state index in [9.17, 15) is 0 Å². The lowest BCUT2D eigenvalue weighted by atomic mass is 10.1. The van der Waals surface area contributed by atoms with E-state index in [4.69, 9.17) is 11.6 Å². The molecule has 0 aliphatic rings. The summed E-state index contributed by atoms with van der Waals surface area (Å²) in [5.41, 5.74) is 6.89. The molecule has 1 aromatic heterocycles. The SMILES string of the molecule is Cc1ccc(N/N=C\c2ccc3ncccc3c2)cc1Cl. The van der Waals surface area contributed by atoms with Gasteiger partial charge in [-0.15, -0.1) is 0 Å². The van der Waals surface area contributed by atoms with E-state index in [1.54, 1.807) is 12.4 Å². The third-order valence-corrected chi connectivity index (χ3v) is 3.61. The van der Waals surface area contributed by atoms with E-state index in [2.05, 4.69) is 21.6 Å². The lowest BCUT2D eigenvalue weighted by Crippen LogP contribution is -1.91. The Bertz CT molecular complexity index is 812. The number of halogens is 1. The van der Waals surface area contributed by atoms with Crippen molar-refractivity contribution >= 4 is 34.4 Å². The highest BCUT2D eigenvalue weighted by Gasteiger charge is 1.97. The summed E-state index contributed by atoms with van der Waals surface area (Å²) < 4.78 is 0. The predicted octanol–water partition coefficient (Wildman–Crippen LogP) is 4.64. The molecule has 21 heavy (non-hydrogen) atoms. The van der Waals surface area contributed by atoms with Crippen LogP contribution in [-0.2, 0) is 0 Å². The number of aryl methyl sites for hydroxylation is 1. The van der Waals surface area contributed by atoms with Crippen molar-refractivity contribution in [3.8, 4) is 0 Å². The maximum atomic E-state index is 6.08. The molecule has 0 atom stereocenters. The Balaban J connectivity index is 1.76. The molecule has 3 rings (SSSR count). The average Bonchev–Trinajstić information content (AvgIpc) is 2.51. The minimum Gasteiger partial charge on any atom is -0.278 e. The Morgan fingerprint density at radius 1 is 1.14 bits per heavy atom. The number of benzene rings is 2. The first kappa shape index (κ1) is 13.6. The van der Waals surface area contributed by atoms with Crippen LogP contribution in [-0.4, -0.2) is 11.2 Å². The maximum Gasteiger partial charge on any atom is 0.0702 e. The first-order chi connectivity index (χ1) is 10.2. The number of fused-ring (bicyclic) bond motifs is 1. The number of hydrogen-bond acceptors (Lipinski definition) is 3. The number of pyridine rings is 1. The van der Waals surface area contributed by atoms with Crippen molar-refractivity contribution in [1.29, 1.82) is 0 Å². The quantitative estimate of drug-likeness (QED) is 0.564. The molecule has 0 spiro atoms. The monoisotopic (exact) mass is 295 g/mol. The van der Waals surface area contributed by atoms with Crippen LogP contribution in [0.3, 0.4) is 0 Å². The summed E-state index contributed by atoms with van der Waals surface area (Å²) in [6, 6.07) is 15.8. The highest BCUT2D eigenvalue weighted by atomic mass is 35.5. The minimum absolute atomic E-state index is 0.729. The second-order valence-electron chi connectivity index (χ2n) is 4.79. The summed E-state index contributed by atoms with van der Waals surface area (Å²) in [6.45, 7) is 1.97. The second-order valence-corrected chi connectivity index (χ2v) is 5.20. The summed E-state index contributed by atoms with van der Waals surface area (Å²) in [5, 5.41) is 6.06. The standard InChI is InChI=1S/C17H14ClN3/c1-12-4-6-15(10-16(12)18)21-20-11-13-5-7-17-14(9-13)3-2-8-19-17/h2-11,21H,1H3/b20-11-. The van der Waals surface area contributed by atoms with E-state index in [0.29, 0.717) is 0 Å². The van der Waals surface area contributed by atoms with Crippen molar-refractivity contribution < 1.29 is 0 Å². The number of hydrogen-bond donors (Lipinski definition) is 1. The van der Waals surface area contributed by atoms with Crippen LogP contribution >= 0.6 is 11.6 Å². The summed E-state index contributed by atoms with van der Waals surface area (Å²) in [5.74, 6) is 0. The Morgan fingerprint density at radius 2 is 2.05 bits per heavy atom. The molecule has 1 heterocycles. The Hall–Kier alpha value is -2.39. The van der Waals surface area contributed by atoms with E-state index in [1.807, 2.05) is 49.4 Å². The molecule has 4 heteroatoms. The molecule has 3 nitrogen and oxygen atoms in total. The van der Waals surface area contributed by atoms with E-state index >= 15 is 0 Å². The smallest absolute Gasteiger partial charge is 0.0702 e. The van der Waals surface area contributed by atoms with Crippen molar-refractivity contribution in [1.82, 2.24) is 4.98 Å². The van der Waals surface area contributed by atoms with E-state index < -0.39 is 0 Å². The van der Waals surface area contributed by atoms with Crippen molar-refractivity contribution in [3.63, 3.8) is 0 Å². The van der Waals surface area contributed by atoms with Crippen molar-refractivity contribution in [2.75, 3.05) is 5.43 Å². The molecule has 0 unspecified atom stereocenters. The van der Waals surface area contributed by atoms with Crippen LogP contribution in [0.5, 0.6) is 0 Å². The average molecular weight is 296 g/mol. The molecule has 2 aromatic carbocycles. The van der Waals surface area contributed by atoms with Gasteiger partial charge in [0.1, 0.15) is 0 Å². The van der Waals surface area contributed by atoms with Gasteiger partial charge >= 0.3 is 0 Å². The fourth-order valence-electron chi connectivity index (χ4n) is 2.02. The second kappa shape index (κ2) is 5.94. The zero-order chi connectivity index (χ0) is 14.7. The molecule has 3 aromatic rings. The van der Waals surface area contributed by atoms with Gasteiger partial charge in [-0.1, -0.05) is 29.8 Å². The summed E-state index contributed by atoms with van der Waals surface area (Å²) >= 11 is 6.08. The highest BCUT2D eigenvalue weighted by molar-refractivity contribution is 6.31. The Kier molecular flexibility index (Phi) is 3.84. The molecular formula is C17H14ClN3. The fraction of sp³-hybridized carbons (Fsp3) is 0.0588. The van der Waals surface area contributed by atoms with Gasteiger partial charge in [-0.05, 0) is 48.4 Å². The summed E-state index contributed by atoms with van der Waals surface area (Å²) in [4.78, 5) is 4.29. The largest absolute Gasteiger partial charge is 0.278 e. The minimum atomic E-state index is 0.729. The third kappa shape index (κ3) is 3.20. The molecule has 0 bridgehead atoms. The molecule has 0 fully saturated rings. The molecule has 0 aliphatic carbocycles. The van der Waals surface area contributed by atoms with Crippen LogP contribution in [0.15, 0.2) is 59.8 Å². The van der Waals surface area contributed by atoms with Gasteiger partial charge in [0.25, 0.3) is 0 Å². The van der Waals surface area contributed by atoms with Crippen molar-refractivity contribution in [2.24, 2.45) is 5.10 Å². The number of hydrazone groups is 1. The number of rotatable bonds is 3. The van der Waals surface area contributed by atoms with Crippen LogP contribution in [0, 0.1) is 6.92 Å². The third-order valence-electron chi connectivity index (χ3n) is 3.21. The van der Waals surface area contributed by atoms with Gasteiger partial charge in [0.2, 0.25) is 0 Å². The fourth-order valence-corrected chi connectivity index (χ4v) is 2.20. The molecule has 0 aliphatic heterocycles. The topological polar surface area (TPSA) is 37.3 Å². The normalized spacial score (nSPS) is 11.1. The zero-order valence-corrected chi connectivity index (χ0v) is 12.3. The van der Waals surface area contributed by atoms with E-state index in [0.717, 1.165) is 32.7 Å². The molecule has 0 amide bonds. The van der Waals surface area contributed by atoms with Gasteiger partial charge in [-0.25, -0.2) is 0 Å². The van der Waals surface area contributed by atoms with Crippen molar-refractivity contribution in [3.05, 3.63) is 70.9 Å². The van der Waals surface area contributed by atoms with Gasteiger partial charge < -0.3 is 0 Å². The first-order valence-corrected chi connectivity index (χ1v) is 7.00. The van der Waals surface area contributed by atoms with E-state index in [1.165, 1.54) is 0 Å². The van der Waals surface area contributed by atoms with E-state index in [-0.39, 0.29) is 0 Å². The molecule has 104 valence electrons. The number of nitrogens with zero attached hydrogens (tertiary/aromatic N) is 2. The number of anilines is 1. The molecular weight excluding hydrogens is 282 g/mol. The molecule has 0 saturated heterocycles. The van der Waals surface area contributed by atoms with Gasteiger partial charge in [-0.2, -0.15) is 5.10 Å². The highest BCUT2D eigenvalue weighted by Crippen LogP contribution is 2.20. The van der Waals surface area contributed by atoms with Crippen LogP contribution in [0.25, 0.3) is 10.9 Å². The van der Waals surface area contributed by atoms with Crippen LogP contribution in [0.1, 0.15) is 11.1 Å². The summed E-state index contributed by atoms with van der Waals surface area (Å²) in [7, 11) is 0. The van der Waals surface area contributed by atoms with Crippen LogP contribution < -0.4 is 5.43 Å². The zero-order valence-electron chi connectivity index (χ0n) is 11.5. The predicted molar refractivity (Wildman–Crippen MR) is 89.1 cm³/mol. The first-order valence-electron chi connectivity index (χ1n) is 6.62. The lowest BCUT2D eigenvalue weighted by Gasteiger charge is -2.03. The summed E-state index contributed by atoms with van der Waals surface area (Å²) in [6.07, 6.45) is 3.57. The molecule has 0 saturated carbocycles. The van der Waals surface area contributed by atoms with Gasteiger partial charge in [0.05, 0.1) is 17.4 Å². The van der Waals surface area contributed by atoms with Gasteiger partial charge in [0.15, 0.2) is 0 Å². The van der Waals surface area contributed by atoms with Gasteiger partial charge in [0, 0.05) is 16.6 Å². The molecule has 0 radical (unpaired) electrons. The van der Waals surface area contributed by atoms with Crippen LogP contribution in [0.2, 0.25) is 5.02 Å². The van der Waals surface area contributed by atoms with Gasteiger partial charge in [-0.3, -0.25) is 10.4 Å². The number of nitrogens with one attached hydrogen (secondary N) is 1. The maximum absolute atomic E-state index is 6.08.